The molecule has 2 bridgehead atoms. The van der Waals surface area contributed by atoms with Crippen molar-refractivity contribution in [1.82, 2.24) is 0 Å². The number of hydrogen-bond acceptors (Lipinski definition) is 5. The Morgan fingerprint density at radius 3 is 2.43 bits per heavy atom. The van der Waals surface area contributed by atoms with Crippen molar-refractivity contribution in [2.45, 2.75) is 66.4 Å². The van der Waals surface area contributed by atoms with Crippen molar-refractivity contribution in [2.24, 2.45) is 16.7 Å². The highest BCUT2D eigenvalue weighted by atomic mass is 16.7. The van der Waals surface area contributed by atoms with Gasteiger partial charge in [-0.1, -0.05) is 30.2 Å². The highest BCUT2D eigenvalue weighted by Crippen LogP contribution is 2.56. The zero-order chi connectivity index (χ0) is 21.1. The monoisotopic (exact) mass is 390 g/mol. The number of rotatable bonds is 8. The number of ether oxygens (including phenoxy) is 2. The second kappa shape index (κ2) is 8.75. The van der Waals surface area contributed by atoms with E-state index in [4.69, 9.17) is 9.47 Å². The molecule has 4 atom stereocenters. The number of Topliss-reactive ketones (excluding diaryl/α,β-unsaturated/α-hetero) is 1. The number of carbonyl (C=O) groups excluding carboxylic acids is 2. The van der Waals surface area contributed by atoms with E-state index in [1.165, 1.54) is 11.6 Å². The number of allylic oxidation sites excluding steroid dienone is 6. The van der Waals surface area contributed by atoms with Gasteiger partial charge in [-0.3, -0.25) is 9.59 Å². The molecule has 1 N–H and O–H groups in total. The average molecular weight is 391 g/mol. The molecule has 5 heteroatoms. The van der Waals surface area contributed by atoms with E-state index in [0.29, 0.717) is 19.3 Å². The van der Waals surface area contributed by atoms with Gasteiger partial charge in [-0.25, -0.2) is 0 Å². The largest absolute Gasteiger partial charge is 0.511 e. The highest BCUT2D eigenvalue weighted by molar-refractivity contribution is 6.14. The van der Waals surface area contributed by atoms with Crippen molar-refractivity contribution in [3.05, 3.63) is 35.1 Å². The first-order valence-corrected chi connectivity index (χ1v) is 9.95. The highest BCUT2D eigenvalue weighted by Gasteiger charge is 2.63. The van der Waals surface area contributed by atoms with Gasteiger partial charge in [0.05, 0.1) is 17.4 Å². The van der Waals surface area contributed by atoms with E-state index in [1.54, 1.807) is 7.11 Å². The minimum atomic E-state index is -1.09. The van der Waals surface area contributed by atoms with Crippen LogP contribution in [0.3, 0.4) is 0 Å². The van der Waals surface area contributed by atoms with Crippen LogP contribution in [-0.4, -0.2) is 36.7 Å². The van der Waals surface area contributed by atoms with Crippen LogP contribution in [0.25, 0.3) is 0 Å². The maximum absolute atomic E-state index is 13.5. The van der Waals surface area contributed by atoms with Crippen LogP contribution in [0.5, 0.6) is 0 Å². The van der Waals surface area contributed by atoms with Gasteiger partial charge < -0.3 is 14.6 Å². The number of hydrogen-bond donors (Lipinski definition) is 1. The molecular formula is C23H34O5. The molecule has 0 aromatic carbocycles. The standard InChI is InChI=1S/C23H34O5/c1-15(2)8-7-10-22(5)19(28-14-27-6)13-23(11-9-16(3)4)18(25)12-17(24)20(22)21(23)26/h8-9,12,19-20,25H,7,10-11,13-14H2,1-6H3/t19-,20-,22+,23+/m0/s1. The van der Waals surface area contributed by atoms with Crippen LogP contribution in [0.1, 0.15) is 60.3 Å². The molecule has 2 rings (SSSR count). The minimum Gasteiger partial charge on any atom is -0.511 e. The third-order valence-corrected chi connectivity index (χ3v) is 6.20. The molecule has 0 aromatic rings. The van der Waals surface area contributed by atoms with Gasteiger partial charge in [0.1, 0.15) is 12.6 Å². The van der Waals surface area contributed by atoms with Gasteiger partial charge in [0, 0.05) is 18.6 Å². The summed E-state index contributed by atoms with van der Waals surface area (Å²) in [4.78, 5) is 26.4. The number of carbonyl (C=O) groups is 2. The summed E-state index contributed by atoms with van der Waals surface area (Å²) in [7, 11) is 1.55. The van der Waals surface area contributed by atoms with Gasteiger partial charge in [-0.05, 0) is 53.4 Å². The van der Waals surface area contributed by atoms with Gasteiger partial charge in [-0.15, -0.1) is 0 Å². The van der Waals surface area contributed by atoms with E-state index < -0.39 is 16.7 Å². The topological polar surface area (TPSA) is 72.8 Å². The quantitative estimate of drug-likeness (QED) is 0.370. The molecule has 156 valence electrons. The molecule has 0 radical (unpaired) electrons. The Labute approximate surface area is 168 Å². The van der Waals surface area contributed by atoms with Crippen LogP contribution in [0.4, 0.5) is 0 Å². The summed E-state index contributed by atoms with van der Waals surface area (Å²) >= 11 is 0. The molecule has 0 heterocycles. The van der Waals surface area contributed by atoms with Crippen molar-refractivity contribution >= 4 is 11.6 Å². The molecular weight excluding hydrogens is 356 g/mol. The summed E-state index contributed by atoms with van der Waals surface area (Å²) in [6.07, 6.45) is 7.11. The summed E-state index contributed by atoms with van der Waals surface area (Å²) < 4.78 is 11.1. The molecule has 0 saturated heterocycles. The summed E-state index contributed by atoms with van der Waals surface area (Å²) in [6, 6.07) is 0. The Morgan fingerprint density at radius 1 is 1.21 bits per heavy atom. The lowest BCUT2D eigenvalue weighted by Crippen LogP contribution is -2.61. The molecule has 0 amide bonds. The predicted molar refractivity (Wildman–Crippen MR) is 109 cm³/mol. The number of aliphatic hydroxyl groups excluding tert-OH is 1. The third kappa shape index (κ3) is 4.15. The maximum atomic E-state index is 13.5. The van der Waals surface area contributed by atoms with Crippen LogP contribution in [0, 0.1) is 16.7 Å². The fraction of sp³-hybridized carbons (Fsp3) is 0.652. The molecule has 2 aliphatic rings. The minimum absolute atomic E-state index is 0.0845. The van der Waals surface area contributed by atoms with Crippen molar-refractivity contribution < 1.29 is 24.2 Å². The molecule has 1 fully saturated rings. The van der Waals surface area contributed by atoms with E-state index in [2.05, 4.69) is 6.08 Å². The van der Waals surface area contributed by atoms with Crippen molar-refractivity contribution in [3.63, 3.8) is 0 Å². The van der Waals surface area contributed by atoms with Crippen LogP contribution in [0.15, 0.2) is 35.1 Å². The summed E-state index contributed by atoms with van der Waals surface area (Å²) in [5.74, 6) is -1.43. The first kappa shape index (κ1) is 22.6. The zero-order valence-electron chi connectivity index (χ0n) is 18.0. The molecule has 28 heavy (non-hydrogen) atoms. The molecule has 0 aromatic heterocycles. The van der Waals surface area contributed by atoms with E-state index in [0.717, 1.165) is 12.0 Å². The van der Waals surface area contributed by atoms with Crippen molar-refractivity contribution in [3.8, 4) is 0 Å². The van der Waals surface area contributed by atoms with Crippen LogP contribution in [0.2, 0.25) is 0 Å². The van der Waals surface area contributed by atoms with E-state index in [9.17, 15) is 14.7 Å². The SMILES string of the molecule is COCO[C@H]1C[C@@]2(CC=C(C)C)C(=O)[C@H](C(=O)C=C2O)[C@]1(C)CCC=C(C)C. The summed E-state index contributed by atoms with van der Waals surface area (Å²) in [6.45, 7) is 10.0. The molecule has 0 spiro atoms. The number of methoxy groups -OCH3 is 1. The second-order valence-corrected chi connectivity index (χ2v) is 8.89. The van der Waals surface area contributed by atoms with Crippen LogP contribution < -0.4 is 0 Å². The lowest BCUT2D eigenvalue weighted by Gasteiger charge is -2.53. The molecule has 0 aliphatic heterocycles. The molecule has 5 nitrogen and oxygen atoms in total. The fourth-order valence-corrected chi connectivity index (χ4v) is 4.50. The Morgan fingerprint density at radius 2 is 1.86 bits per heavy atom. The Bertz CT molecular complexity index is 709. The zero-order valence-corrected chi connectivity index (χ0v) is 18.0. The van der Waals surface area contributed by atoms with Gasteiger partial charge in [0.25, 0.3) is 0 Å². The lowest BCUT2D eigenvalue weighted by molar-refractivity contribution is -0.184. The Balaban J connectivity index is 2.51. The Hall–Kier alpha value is -1.72. The molecule has 0 unspecified atom stereocenters. The number of aliphatic hydroxyl groups is 1. The van der Waals surface area contributed by atoms with Crippen molar-refractivity contribution in [2.75, 3.05) is 13.9 Å². The first-order chi connectivity index (χ1) is 13.1. The predicted octanol–water partition coefficient (Wildman–Crippen LogP) is 4.68. The average Bonchev–Trinajstić information content (AvgIpc) is 2.59. The van der Waals surface area contributed by atoms with E-state index in [1.807, 2.05) is 40.7 Å². The second-order valence-electron chi connectivity index (χ2n) is 8.89. The summed E-state index contributed by atoms with van der Waals surface area (Å²) in [5.41, 5.74) is 0.523. The maximum Gasteiger partial charge on any atom is 0.170 e. The lowest BCUT2D eigenvalue weighted by atomic mass is 9.50. The summed E-state index contributed by atoms with van der Waals surface area (Å²) in [5, 5.41) is 10.7. The third-order valence-electron chi connectivity index (χ3n) is 6.20. The van der Waals surface area contributed by atoms with Gasteiger partial charge >= 0.3 is 0 Å². The number of fused-ring (bicyclic) bond motifs is 2. The van der Waals surface area contributed by atoms with Gasteiger partial charge in [0.15, 0.2) is 11.6 Å². The van der Waals surface area contributed by atoms with Gasteiger partial charge in [0.2, 0.25) is 0 Å². The fourth-order valence-electron chi connectivity index (χ4n) is 4.50. The molecule has 2 aliphatic carbocycles. The normalized spacial score (nSPS) is 32.0. The first-order valence-electron chi connectivity index (χ1n) is 9.95. The smallest absolute Gasteiger partial charge is 0.170 e. The van der Waals surface area contributed by atoms with E-state index >= 15 is 0 Å². The molecule has 1 saturated carbocycles. The van der Waals surface area contributed by atoms with Crippen molar-refractivity contribution in [1.29, 1.82) is 0 Å². The van der Waals surface area contributed by atoms with Crippen LogP contribution in [-0.2, 0) is 19.1 Å². The van der Waals surface area contributed by atoms with E-state index in [-0.39, 0.29) is 30.2 Å². The number of ketones is 2. The van der Waals surface area contributed by atoms with Crippen LogP contribution >= 0.6 is 0 Å². The Kier molecular flexibility index (Phi) is 7.05. The van der Waals surface area contributed by atoms with Gasteiger partial charge in [-0.2, -0.15) is 0 Å².